The molecule has 168 valence electrons. The second-order valence-corrected chi connectivity index (χ2v) is 8.53. The second kappa shape index (κ2) is 9.02. The number of fused-ring (bicyclic) bond motifs is 1. The third-order valence-corrected chi connectivity index (χ3v) is 6.63. The average molecular weight is 440 g/mol. The predicted octanol–water partition coefficient (Wildman–Crippen LogP) is 4.97. The van der Waals surface area contributed by atoms with Crippen molar-refractivity contribution in [2.45, 2.75) is 13.5 Å². The van der Waals surface area contributed by atoms with Gasteiger partial charge in [-0.25, -0.2) is 0 Å². The van der Waals surface area contributed by atoms with E-state index in [9.17, 15) is 4.79 Å². The van der Waals surface area contributed by atoms with Gasteiger partial charge in [0.05, 0.1) is 12.7 Å². The molecule has 0 saturated carbocycles. The van der Waals surface area contributed by atoms with Crippen LogP contribution in [0.4, 0.5) is 5.69 Å². The number of ether oxygens (including phenoxy) is 1. The van der Waals surface area contributed by atoms with E-state index in [0.29, 0.717) is 13.1 Å². The molecule has 1 aromatic heterocycles. The zero-order chi connectivity index (χ0) is 22.8. The number of hydrogen-bond donors (Lipinski definition) is 0. The minimum absolute atomic E-state index is 0.130. The monoisotopic (exact) mass is 439 g/mol. The van der Waals surface area contributed by atoms with Gasteiger partial charge in [-0.1, -0.05) is 48.5 Å². The van der Waals surface area contributed by atoms with E-state index in [1.165, 1.54) is 11.3 Å². The Balaban J connectivity index is 1.38. The van der Waals surface area contributed by atoms with Crippen LogP contribution in [0.3, 0.4) is 0 Å². The smallest absolute Gasteiger partial charge is 0.256 e. The van der Waals surface area contributed by atoms with E-state index in [1.807, 2.05) is 35.2 Å². The van der Waals surface area contributed by atoms with Crippen molar-refractivity contribution in [2.75, 3.05) is 38.2 Å². The summed E-state index contributed by atoms with van der Waals surface area (Å²) >= 11 is 0. The van der Waals surface area contributed by atoms with Gasteiger partial charge >= 0.3 is 0 Å². The molecular formula is C28H29N3O2. The third kappa shape index (κ3) is 4.07. The molecular weight excluding hydrogens is 410 g/mol. The van der Waals surface area contributed by atoms with Crippen molar-refractivity contribution in [3.63, 3.8) is 0 Å². The van der Waals surface area contributed by atoms with Gasteiger partial charge in [0, 0.05) is 55.0 Å². The van der Waals surface area contributed by atoms with Crippen molar-refractivity contribution in [2.24, 2.45) is 0 Å². The van der Waals surface area contributed by atoms with Crippen LogP contribution < -0.4 is 9.64 Å². The number of methoxy groups -OCH3 is 1. The lowest BCUT2D eigenvalue weighted by Crippen LogP contribution is -2.48. The van der Waals surface area contributed by atoms with Gasteiger partial charge in [-0.3, -0.25) is 4.79 Å². The van der Waals surface area contributed by atoms with Crippen LogP contribution in [0.5, 0.6) is 5.75 Å². The topological polar surface area (TPSA) is 37.7 Å². The van der Waals surface area contributed by atoms with Gasteiger partial charge < -0.3 is 19.1 Å². The molecule has 0 radical (unpaired) electrons. The van der Waals surface area contributed by atoms with E-state index in [2.05, 4.69) is 64.9 Å². The second-order valence-electron chi connectivity index (χ2n) is 8.53. The highest BCUT2D eigenvalue weighted by Crippen LogP contribution is 2.29. The quantitative estimate of drug-likeness (QED) is 0.441. The number of aromatic nitrogens is 1. The lowest BCUT2D eigenvalue weighted by molar-refractivity contribution is 0.0747. The number of hydrogen-bond acceptors (Lipinski definition) is 3. The van der Waals surface area contributed by atoms with Gasteiger partial charge in [0.25, 0.3) is 5.91 Å². The fourth-order valence-corrected chi connectivity index (χ4v) is 4.79. The summed E-state index contributed by atoms with van der Waals surface area (Å²) in [5.41, 5.74) is 5.37. The number of carbonyl (C=O) groups excluding carboxylic acids is 1. The minimum atomic E-state index is 0.130. The number of rotatable bonds is 5. The fourth-order valence-electron chi connectivity index (χ4n) is 4.79. The fraction of sp³-hybridized carbons (Fsp3) is 0.250. The molecule has 3 aromatic carbocycles. The summed E-state index contributed by atoms with van der Waals surface area (Å²) in [6.07, 6.45) is 0. The average Bonchev–Trinajstić information content (AvgIpc) is 3.15. The van der Waals surface area contributed by atoms with Crippen LogP contribution in [-0.2, 0) is 6.54 Å². The maximum Gasteiger partial charge on any atom is 0.256 e. The lowest BCUT2D eigenvalue weighted by atomic mass is 10.1. The summed E-state index contributed by atoms with van der Waals surface area (Å²) in [5.74, 6) is 0.986. The zero-order valence-electron chi connectivity index (χ0n) is 19.2. The van der Waals surface area contributed by atoms with Crippen molar-refractivity contribution in [1.29, 1.82) is 0 Å². The molecule has 1 fully saturated rings. The molecule has 1 aliphatic rings. The molecule has 1 aliphatic heterocycles. The van der Waals surface area contributed by atoms with E-state index >= 15 is 0 Å². The largest absolute Gasteiger partial charge is 0.497 e. The van der Waals surface area contributed by atoms with E-state index in [0.717, 1.165) is 47.5 Å². The SMILES string of the molecule is COc1ccc(N2CCN(C(=O)c3c(C)n(Cc4ccccc4)c4ccccc34)CC2)cc1. The molecule has 1 amide bonds. The van der Waals surface area contributed by atoms with Crippen LogP contribution in [-0.4, -0.2) is 48.7 Å². The summed E-state index contributed by atoms with van der Waals surface area (Å²) in [4.78, 5) is 18.0. The number of benzene rings is 3. The Morgan fingerprint density at radius 1 is 0.848 bits per heavy atom. The van der Waals surface area contributed by atoms with Crippen molar-refractivity contribution in [1.82, 2.24) is 9.47 Å². The number of para-hydroxylation sites is 1. The van der Waals surface area contributed by atoms with Crippen LogP contribution in [0.15, 0.2) is 78.9 Å². The summed E-state index contributed by atoms with van der Waals surface area (Å²) in [6.45, 7) is 5.89. The molecule has 4 aromatic rings. The molecule has 0 N–H and O–H groups in total. The van der Waals surface area contributed by atoms with Crippen molar-refractivity contribution < 1.29 is 9.53 Å². The maximum atomic E-state index is 13.7. The van der Waals surface area contributed by atoms with Gasteiger partial charge in [0.2, 0.25) is 0 Å². The highest BCUT2D eigenvalue weighted by molar-refractivity contribution is 6.08. The van der Waals surface area contributed by atoms with E-state index in [-0.39, 0.29) is 5.91 Å². The van der Waals surface area contributed by atoms with Gasteiger partial charge in [0.1, 0.15) is 5.75 Å². The number of piperazine rings is 1. The summed E-state index contributed by atoms with van der Waals surface area (Å²) in [7, 11) is 1.68. The molecule has 0 spiro atoms. The van der Waals surface area contributed by atoms with Crippen molar-refractivity contribution >= 4 is 22.5 Å². The van der Waals surface area contributed by atoms with Gasteiger partial charge in [-0.05, 0) is 42.8 Å². The Morgan fingerprint density at radius 2 is 1.52 bits per heavy atom. The molecule has 2 heterocycles. The standard InChI is InChI=1S/C28H29N3O2/c1-21-27(25-10-6-7-11-26(25)31(21)20-22-8-4-3-5-9-22)28(32)30-18-16-29(17-19-30)23-12-14-24(33-2)15-13-23/h3-15H,16-20H2,1-2H3. The van der Waals surface area contributed by atoms with Crippen LogP contribution in [0.25, 0.3) is 10.9 Å². The lowest BCUT2D eigenvalue weighted by Gasteiger charge is -2.36. The van der Waals surface area contributed by atoms with Crippen LogP contribution in [0.2, 0.25) is 0 Å². The summed E-state index contributed by atoms with van der Waals surface area (Å²) < 4.78 is 7.54. The Morgan fingerprint density at radius 3 is 2.21 bits per heavy atom. The first-order chi connectivity index (χ1) is 16.2. The summed E-state index contributed by atoms with van der Waals surface area (Å²) in [5, 5.41) is 1.04. The van der Waals surface area contributed by atoms with Gasteiger partial charge in [-0.15, -0.1) is 0 Å². The minimum Gasteiger partial charge on any atom is -0.497 e. The normalized spacial score (nSPS) is 14.0. The first-order valence-corrected chi connectivity index (χ1v) is 11.5. The molecule has 0 atom stereocenters. The Hall–Kier alpha value is -3.73. The molecule has 0 aliphatic carbocycles. The third-order valence-electron chi connectivity index (χ3n) is 6.63. The first-order valence-electron chi connectivity index (χ1n) is 11.5. The van der Waals surface area contributed by atoms with E-state index < -0.39 is 0 Å². The zero-order valence-corrected chi connectivity index (χ0v) is 19.2. The highest BCUT2D eigenvalue weighted by atomic mass is 16.5. The number of nitrogens with zero attached hydrogens (tertiary/aromatic N) is 3. The van der Waals surface area contributed by atoms with Crippen molar-refractivity contribution in [3.8, 4) is 5.75 Å². The molecule has 1 saturated heterocycles. The van der Waals surface area contributed by atoms with E-state index in [4.69, 9.17) is 4.74 Å². The van der Waals surface area contributed by atoms with Crippen LogP contribution >= 0.6 is 0 Å². The highest BCUT2D eigenvalue weighted by Gasteiger charge is 2.27. The van der Waals surface area contributed by atoms with Crippen LogP contribution in [0.1, 0.15) is 21.6 Å². The predicted molar refractivity (Wildman–Crippen MR) is 133 cm³/mol. The van der Waals surface area contributed by atoms with E-state index in [1.54, 1.807) is 7.11 Å². The number of amides is 1. The number of carbonyl (C=O) groups is 1. The molecule has 0 bridgehead atoms. The maximum absolute atomic E-state index is 13.7. The van der Waals surface area contributed by atoms with Gasteiger partial charge in [0.15, 0.2) is 0 Å². The molecule has 33 heavy (non-hydrogen) atoms. The Kier molecular flexibility index (Phi) is 5.78. The number of anilines is 1. The molecule has 5 heteroatoms. The first kappa shape index (κ1) is 21.1. The Bertz CT molecular complexity index is 1250. The summed E-state index contributed by atoms with van der Waals surface area (Å²) in [6, 6.07) is 26.8. The van der Waals surface area contributed by atoms with Crippen LogP contribution in [0, 0.1) is 6.92 Å². The molecule has 0 unspecified atom stereocenters. The van der Waals surface area contributed by atoms with Crippen molar-refractivity contribution in [3.05, 3.63) is 95.7 Å². The molecule has 5 nitrogen and oxygen atoms in total. The molecule has 5 rings (SSSR count). The van der Waals surface area contributed by atoms with Gasteiger partial charge in [-0.2, -0.15) is 0 Å². The Labute approximate surface area is 194 Å².